The van der Waals surface area contributed by atoms with Crippen molar-refractivity contribution in [1.29, 1.82) is 0 Å². The van der Waals surface area contributed by atoms with Gasteiger partial charge in [-0.15, -0.1) is 0 Å². The van der Waals surface area contributed by atoms with Crippen molar-refractivity contribution in [3.05, 3.63) is 57.8 Å². The van der Waals surface area contributed by atoms with E-state index in [1.165, 1.54) is 12.1 Å². The molecule has 2 aromatic carbocycles. The molecule has 2 aromatic rings. The molecule has 0 aliphatic rings. The van der Waals surface area contributed by atoms with Crippen LogP contribution in [-0.4, -0.2) is 17.2 Å². The summed E-state index contributed by atoms with van der Waals surface area (Å²) in [6.07, 6.45) is 0. The molecule has 2 rings (SSSR count). The fourth-order valence-corrected chi connectivity index (χ4v) is 2.00. The van der Waals surface area contributed by atoms with E-state index in [1.54, 1.807) is 18.2 Å². The molecule has 0 saturated carbocycles. The minimum absolute atomic E-state index is 0.125. The van der Waals surface area contributed by atoms with Crippen LogP contribution in [0, 0.1) is 5.82 Å². The van der Waals surface area contributed by atoms with Crippen molar-refractivity contribution in [2.75, 3.05) is 0 Å². The Hall–Kier alpha value is -1.27. The molecule has 0 saturated heterocycles. The standard InChI is InChI=1S/C13H10BCl2FO3/c15-11-3-1-2-8(13(11)16)7-20-9-4-5-10(14(18)19)12(17)6-9/h1-6,18-19H,7H2. The van der Waals surface area contributed by atoms with Gasteiger partial charge in [-0.1, -0.05) is 41.4 Å². The van der Waals surface area contributed by atoms with Gasteiger partial charge in [0.15, 0.2) is 0 Å². The van der Waals surface area contributed by atoms with Crippen molar-refractivity contribution in [3.63, 3.8) is 0 Å². The summed E-state index contributed by atoms with van der Waals surface area (Å²) in [6.45, 7) is 0.125. The first-order valence-electron chi connectivity index (χ1n) is 5.70. The Kier molecular flexibility index (Phi) is 4.88. The maximum absolute atomic E-state index is 13.5. The molecule has 0 heterocycles. The Morgan fingerprint density at radius 3 is 2.55 bits per heavy atom. The summed E-state index contributed by atoms with van der Waals surface area (Å²) in [7, 11) is -1.86. The van der Waals surface area contributed by atoms with Gasteiger partial charge < -0.3 is 14.8 Å². The predicted octanol–water partition coefficient (Wildman–Crippen LogP) is 2.39. The van der Waals surface area contributed by atoms with Gasteiger partial charge in [0.25, 0.3) is 0 Å². The topological polar surface area (TPSA) is 49.7 Å². The molecule has 0 atom stereocenters. The lowest BCUT2D eigenvalue weighted by atomic mass is 9.80. The molecular formula is C13H10BCl2FO3. The van der Waals surface area contributed by atoms with Crippen LogP contribution in [0.3, 0.4) is 0 Å². The third-order valence-corrected chi connectivity index (χ3v) is 3.53. The van der Waals surface area contributed by atoms with Gasteiger partial charge in [0.1, 0.15) is 18.2 Å². The second kappa shape index (κ2) is 6.46. The van der Waals surface area contributed by atoms with E-state index >= 15 is 0 Å². The van der Waals surface area contributed by atoms with E-state index < -0.39 is 12.9 Å². The maximum Gasteiger partial charge on any atom is 0.491 e. The van der Waals surface area contributed by atoms with E-state index in [1.807, 2.05) is 0 Å². The Morgan fingerprint density at radius 2 is 1.90 bits per heavy atom. The van der Waals surface area contributed by atoms with E-state index in [0.717, 1.165) is 6.07 Å². The van der Waals surface area contributed by atoms with Gasteiger partial charge in [-0.3, -0.25) is 0 Å². The van der Waals surface area contributed by atoms with Crippen LogP contribution in [-0.2, 0) is 6.61 Å². The minimum Gasteiger partial charge on any atom is -0.489 e. The normalized spacial score (nSPS) is 10.4. The summed E-state index contributed by atoms with van der Waals surface area (Å²) >= 11 is 11.9. The van der Waals surface area contributed by atoms with E-state index in [2.05, 4.69) is 0 Å². The third kappa shape index (κ3) is 3.43. The SMILES string of the molecule is OB(O)c1ccc(OCc2cccc(Cl)c2Cl)cc1F. The molecule has 0 aromatic heterocycles. The maximum atomic E-state index is 13.5. The van der Waals surface area contributed by atoms with Gasteiger partial charge in [-0.2, -0.15) is 0 Å². The zero-order valence-corrected chi connectivity index (χ0v) is 11.7. The van der Waals surface area contributed by atoms with E-state index in [4.69, 9.17) is 38.0 Å². The molecule has 0 amide bonds. The van der Waals surface area contributed by atoms with Crippen molar-refractivity contribution >= 4 is 35.8 Å². The van der Waals surface area contributed by atoms with Crippen LogP contribution in [0.1, 0.15) is 5.56 Å². The molecule has 0 spiro atoms. The highest BCUT2D eigenvalue weighted by molar-refractivity contribution is 6.58. The van der Waals surface area contributed by atoms with Crippen LogP contribution in [0.15, 0.2) is 36.4 Å². The molecule has 20 heavy (non-hydrogen) atoms. The number of benzene rings is 2. The van der Waals surface area contributed by atoms with Crippen molar-refractivity contribution in [1.82, 2.24) is 0 Å². The second-order valence-corrected chi connectivity index (χ2v) is 4.84. The van der Waals surface area contributed by atoms with Gasteiger partial charge in [-0.05, 0) is 12.1 Å². The summed E-state index contributed by atoms with van der Waals surface area (Å²) in [6, 6.07) is 8.90. The summed E-state index contributed by atoms with van der Waals surface area (Å²) in [4.78, 5) is 0. The van der Waals surface area contributed by atoms with Crippen LogP contribution in [0.5, 0.6) is 5.75 Å². The Balaban J connectivity index is 2.11. The van der Waals surface area contributed by atoms with Gasteiger partial charge in [0, 0.05) is 17.1 Å². The van der Waals surface area contributed by atoms with Crippen LogP contribution in [0.2, 0.25) is 10.0 Å². The molecule has 0 radical (unpaired) electrons. The number of ether oxygens (including phenoxy) is 1. The highest BCUT2D eigenvalue weighted by atomic mass is 35.5. The van der Waals surface area contributed by atoms with Crippen LogP contribution in [0.25, 0.3) is 0 Å². The molecular weight excluding hydrogens is 305 g/mol. The molecule has 2 N–H and O–H groups in total. The number of hydrogen-bond acceptors (Lipinski definition) is 3. The monoisotopic (exact) mass is 314 g/mol. The zero-order valence-electron chi connectivity index (χ0n) is 10.2. The minimum atomic E-state index is -1.86. The predicted molar refractivity (Wildman–Crippen MR) is 77.0 cm³/mol. The summed E-state index contributed by atoms with van der Waals surface area (Å²) in [5.74, 6) is -0.502. The molecule has 0 unspecified atom stereocenters. The molecule has 0 bridgehead atoms. The Bertz CT molecular complexity index is 623. The first-order valence-corrected chi connectivity index (χ1v) is 6.46. The first-order chi connectivity index (χ1) is 9.49. The average molecular weight is 315 g/mol. The highest BCUT2D eigenvalue weighted by Gasteiger charge is 2.16. The van der Waals surface area contributed by atoms with Gasteiger partial charge >= 0.3 is 7.12 Å². The quantitative estimate of drug-likeness (QED) is 0.852. The highest BCUT2D eigenvalue weighted by Crippen LogP contribution is 2.26. The lowest BCUT2D eigenvalue weighted by Gasteiger charge is -2.10. The lowest BCUT2D eigenvalue weighted by Crippen LogP contribution is -2.32. The molecule has 0 aliphatic heterocycles. The fraction of sp³-hybridized carbons (Fsp3) is 0.0769. The number of rotatable bonds is 4. The third-order valence-electron chi connectivity index (χ3n) is 2.68. The van der Waals surface area contributed by atoms with Crippen LogP contribution in [0.4, 0.5) is 4.39 Å². The van der Waals surface area contributed by atoms with Gasteiger partial charge in [-0.25, -0.2) is 4.39 Å². The van der Waals surface area contributed by atoms with E-state index in [-0.39, 0.29) is 17.8 Å². The van der Waals surface area contributed by atoms with Crippen molar-refractivity contribution in [3.8, 4) is 5.75 Å². The molecule has 0 fully saturated rings. The fourth-order valence-electron chi connectivity index (χ4n) is 1.63. The largest absolute Gasteiger partial charge is 0.491 e. The van der Waals surface area contributed by atoms with Crippen LogP contribution >= 0.6 is 23.2 Å². The smallest absolute Gasteiger partial charge is 0.489 e. The Labute approximate surface area is 125 Å². The molecule has 104 valence electrons. The average Bonchev–Trinajstić information content (AvgIpc) is 2.40. The van der Waals surface area contributed by atoms with Gasteiger partial charge in [0.2, 0.25) is 0 Å². The van der Waals surface area contributed by atoms with Crippen LogP contribution < -0.4 is 10.2 Å². The van der Waals surface area contributed by atoms with Crippen molar-refractivity contribution in [2.45, 2.75) is 6.61 Å². The summed E-state index contributed by atoms with van der Waals surface area (Å²) < 4.78 is 18.9. The first kappa shape index (κ1) is 15.1. The van der Waals surface area contributed by atoms with E-state index in [9.17, 15) is 4.39 Å². The molecule has 0 aliphatic carbocycles. The molecule has 7 heteroatoms. The van der Waals surface area contributed by atoms with Crippen molar-refractivity contribution < 1.29 is 19.2 Å². The summed E-state index contributed by atoms with van der Waals surface area (Å²) in [5.41, 5.74) is 0.462. The lowest BCUT2D eigenvalue weighted by molar-refractivity contribution is 0.305. The summed E-state index contributed by atoms with van der Waals surface area (Å²) in [5, 5.41) is 18.6. The number of halogens is 3. The zero-order chi connectivity index (χ0) is 14.7. The second-order valence-electron chi connectivity index (χ2n) is 4.06. The van der Waals surface area contributed by atoms with E-state index in [0.29, 0.717) is 15.6 Å². The number of hydrogen-bond donors (Lipinski definition) is 2. The van der Waals surface area contributed by atoms with Crippen molar-refractivity contribution in [2.24, 2.45) is 0 Å². The van der Waals surface area contributed by atoms with Gasteiger partial charge in [0.05, 0.1) is 10.0 Å². The Morgan fingerprint density at radius 1 is 1.15 bits per heavy atom. The molecule has 3 nitrogen and oxygen atoms in total.